The molecule has 1 radical (unpaired) electrons. The van der Waals surface area contributed by atoms with E-state index in [0.29, 0.717) is 11.1 Å². The van der Waals surface area contributed by atoms with Gasteiger partial charge in [0.1, 0.15) is 0 Å². The lowest BCUT2D eigenvalue weighted by molar-refractivity contribution is -0.226. The summed E-state index contributed by atoms with van der Waals surface area (Å²) in [5, 5.41) is 16.9. The molecule has 1 aromatic rings. The molecule has 0 amide bonds. The predicted octanol–water partition coefficient (Wildman–Crippen LogP) is 2.50. The van der Waals surface area contributed by atoms with E-state index in [1.165, 1.54) is 24.3 Å². The number of hydrogen-bond acceptors (Lipinski definition) is 3. The van der Waals surface area contributed by atoms with Crippen molar-refractivity contribution in [2.75, 3.05) is 0 Å². The van der Waals surface area contributed by atoms with E-state index in [4.69, 9.17) is 10.4 Å². The molecule has 0 saturated heterocycles. The van der Waals surface area contributed by atoms with Crippen molar-refractivity contribution in [2.24, 2.45) is 0 Å². The molecular weight excluding hydrogens is 223 g/mol. The third-order valence-corrected chi connectivity index (χ3v) is 1.70. The topological polar surface area (TPSA) is 53.2 Å². The minimum atomic E-state index is -4.87. The molecule has 0 aliphatic carbocycles. The fourth-order valence-electron chi connectivity index (χ4n) is 0.909. The van der Waals surface area contributed by atoms with E-state index in [9.17, 15) is 13.2 Å². The lowest BCUT2D eigenvalue weighted by Gasteiger charge is -2.12. The van der Waals surface area contributed by atoms with E-state index < -0.39 is 19.1 Å². The first-order chi connectivity index (χ1) is 7.43. The Hall–Kier alpha value is -1.58. The average molecular weight is 230 g/mol. The molecule has 1 rings (SSSR count). The van der Waals surface area contributed by atoms with Gasteiger partial charge < -0.3 is 9.84 Å². The molecule has 0 spiro atoms. The van der Waals surface area contributed by atoms with Crippen molar-refractivity contribution in [3.8, 4) is 6.07 Å². The summed E-state index contributed by atoms with van der Waals surface area (Å²) in [4.78, 5) is 0. The lowest BCUT2D eigenvalue weighted by atomic mass is 10.2. The van der Waals surface area contributed by atoms with Crippen LogP contribution >= 0.6 is 0 Å². The average Bonchev–Trinajstić information content (AvgIpc) is 2.25. The number of hydrogen-bond donors (Lipinski definition) is 1. The van der Waals surface area contributed by atoms with E-state index in [-0.39, 0.29) is 0 Å². The van der Waals surface area contributed by atoms with Crippen molar-refractivity contribution in [3.63, 3.8) is 0 Å². The summed E-state index contributed by atoms with van der Waals surface area (Å²) in [5.74, 6) is 0. The molecule has 0 unspecified atom stereocenters. The smallest absolute Gasteiger partial charge is 0.354 e. The summed E-state index contributed by atoms with van der Waals surface area (Å²) in [6.45, 7) is -0.406. The molecule has 85 valence electrons. The Labute approximate surface area is 89.7 Å². The first-order valence-corrected chi connectivity index (χ1v) is 4.18. The Kier molecular flexibility index (Phi) is 3.88. The number of benzene rings is 1. The van der Waals surface area contributed by atoms with Gasteiger partial charge in [-0.25, -0.2) is 0 Å². The third kappa shape index (κ3) is 3.53. The van der Waals surface area contributed by atoms with E-state index >= 15 is 0 Å². The maximum Gasteiger partial charge on any atom is 0.449 e. The number of nitriles is 1. The second-order valence-corrected chi connectivity index (χ2v) is 2.90. The standard InChI is InChI=1S/C10H7F3NO2/c11-10(12,13)9(15)16-6-8-3-1-7(5-14)2-4-8/h1-4,15H,6H2. The van der Waals surface area contributed by atoms with Crippen molar-refractivity contribution in [1.82, 2.24) is 0 Å². The van der Waals surface area contributed by atoms with Crippen LogP contribution in [0.2, 0.25) is 0 Å². The Morgan fingerprint density at radius 2 is 1.88 bits per heavy atom. The summed E-state index contributed by atoms with van der Waals surface area (Å²) in [5.41, 5.74) is 0.822. The zero-order valence-corrected chi connectivity index (χ0v) is 7.95. The van der Waals surface area contributed by atoms with Gasteiger partial charge >= 0.3 is 12.5 Å². The lowest BCUT2D eigenvalue weighted by Crippen LogP contribution is -2.22. The fourth-order valence-corrected chi connectivity index (χ4v) is 0.909. The van der Waals surface area contributed by atoms with Crippen molar-refractivity contribution in [3.05, 3.63) is 41.7 Å². The van der Waals surface area contributed by atoms with Gasteiger partial charge in [-0.15, -0.1) is 0 Å². The highest BCUT2D eigenvalue weighted by atomic mass is 19.4. The van der Waals surface area contributed by atoms with Gasteiger partial charge in [0, 0.05) is 0 Å². The monoisotopic (exact) mass is 230 g/mol. The van der Waals surface area contributed by atoms with Crippen LogP contribution in [0.4, 0.5) is 13.2 Å². The number of nitrogens with zero attached hydrogens (tertiary/aromatic N) is 1. The number of aliphatic hydroxyl groups excluding tert-OH is 1. The molecule has 0 atom stereocenters. The number of aliphatic hydroxyl groups is 1. The zero-order valence-electron chi connectivity index (χ0n) is 7.95. The fraction of sp³-hybridized carbons (Fsp3) is 0.200. The molecule has 0 bridgehead atoms. The highest BCUT2D eigenvalue weighted by Gasteiger charge is 2.41. The van der Waals surface area contributed by atoms with Crippen LogP contribution in [0, 0.1) is 17.6 Å². The quantitative estimate of drug-likeness (QED) is 0.867. The van der Waals surface area contributed by atoms with Gasteiger partial charge in [-0.2, -0.15) is 18.4 Å². The molecule has 3 nitrogen and oxygen atoms in total. The minimum Gasteiger partial charge on any atom is -0.354 e. The van der Waals surface area contributed by atoms with Crippen LogP contribution in [0.5, 0.6) is 0 Å². The van der Waals surface area contributed by atoms with Crippen LogP contribution in [-0.2, 0) is 11.3 Å². The Morgan fingerprint density at radius 3 is 2.31 bits per heavy atom. The summed E-state index contributed by atoms with van der Waals surface area (Å²) < 4.78 is 39.6. The molecule has 0 fully saturated rings. The number of alkyl halides is 3. The first kappa shape index (κ1) is 12.5. The van der Waals surface area contributed by atoms with Gasteiger partial charge in [0.2, 0.25) is 0 Å². The van der Waals surface area contributed by atoms with Crippen molar-refractivity contribution >= 4 is 0 Å². The van der Waals surface area contributed by atoms with Gasteiger partial charge in [-0.3, -0.25) is 0 Å². The van der Waals surface area contributed by atoms with E-state index in [0.717, 1.165) is 0 Å². The van der Waals surface area contributed by atoms with Gasteiger partial charge in [-0.05, 0) is 17.7 Å². The van der Waals surface area contributed by atoms with Crippen LogP contribution in [0.15, 0.2) is 24.3 Å². The maximum absolute atomic E-state index is 11.8. The van der Waals surface area contributed by atoms with Gasteiger partial charge in [0.25, 0.3) is 0 Å². The summed E-state index contributed by atoms with van der Waals surface area (Å²) in [6.07, 6.45) is -6.84. The minimum absolute atomic E-state index is 0.396. The maximum atomic E-state index is 11.8. The van der Waals surface area contributed by atoms with Crippen molar-refractivity contribution in [2.45, 2.75) is 12.8 Å². The van der Waals surface area contributed by atoms with Gasteiger partial charge in [-0.1, -0.05) is 12.1 Å². The van der Waals surface area contributed by atoms with Crippen LogP contribution in [0.25, 0.3) is 0 Å². The first-order valence-electron chi connectivity index (χ1n) is 4.18. The second-order valence-electron chi connectivity index (χ2n) is 2.90. The Bertz CT molecular complexity index is 381. The van der Waals surface area contributed by atoms with Gasteiger partial charge in [0.15, 0.2) is 0 Å². The van der Waals surface area contributed by atoms with Crippen LogP contribution < -0.4 is 0 Å². The van der Waals surface area contributed by atoms with Gasteiger partial charge in [0.05, 0.1) is 18.2 Å². The van der Waals surface area contributed by atoms with Crippen molar-refractivity contribution < 1.29 is 23.0 Å². The van der Waals surface area contributed by atoms with Crippen LogP contribution in [-0.4, -0.2) is 11.3 Å². The molecule has 0 aliphatic heterocycles. The molecule has 6 heteroatoms. The number of ether oxygens (including phenoxy) is 1. The van der Waals surface area contributed by atoms with E-state index in [1.54, 1.807) is 0 Å². The molecule has 1 aromatic carbocycles. The second kappa shape index (κ2) is 4.96. The number of rotatable bonds is 3. The molecule has 1 N–H and O–H groups in total. The molecule has 0 heterocycles. The summed E-state index contributed by atoms with van der Waals surface area (Å²) in [7, 11) is 0. The number of halogens is 3. The van der Waals surface area contributed by atoms with Crippen LogP contribution in [0.1, 0.15) is 11.1 Å². The normalized spacial score (nSPS) is 11.5. The van der Waals surface area contributed by atoms with Crippen molar-refractivity contribution in [1.29, 1.82) is 5.26 Å². The zero-order chi connectivity index (χ0) is 12.2. The molecule has 0 aromatic heterocycles. The van der Waals surface area contributed by atoms with E-state index in [2.05, 4.69) is 4.74 Å². The van der Waals surface area contributed by atoms with E-state index in [1.807, 2.05) is 6.07 Å². The Morgan fingerprint density at radius 1 is 1.31 bits per heavy atom. The molecule has 0 aliphatic rings. The largest absolute Gasteiger partial charge is 0.449 e. The third-order valence-electron chi connectivity index (χ3n) is 1.70. The van der Waals surface area contributed by atoms with Crippen LogP contribution in [0.3, 0.4) is 0 Å². The highest BCUT2D eigenvalue weighted by molar-refractivity contribution is 5.31. The molecule has 0 saturated carbocycles. The summed E-state index contributed by atoms with van der Waals surface area (Å²) in [6, 6.07) is 7.66. The SMILES string of the molecule is N#Cc1ccc(CO[C](O)C(F)(F)F)cc1. The molecule has 16 heavy (non-hydrogen) atoms. The molecular formula is C10H7F3NO2. The summed E-state index contributed by atoms with van der Waals surface area (Å²) >= 11 is 0. The highest BCUT2D eigenvalue weighted by Crippen LogP contribution is 2.27. The Balaban J connectivity index is 2.53. The predicted molar refractivity (Wildman–Crippen MR) is 47.2 cm³/mol.